The number of nitrogens with zero attached hydrogens (tertiary/aromatic N) is 3. The highest BCUT2D eigenvalue weighted by molar-refractivity contribution is 6.31. The second-order valence-electron chi connectivity index (χ2n) is 5.96. The maximum Gasteiger partial charge on any atom is 0.270 e. The molecule has 6 heteroatoms. The largest absolute Gasteiger partial charge is 0.347 e. The van der Waals surface area contributed by atoms with Crippen LogP contribution in [0.5, 0.6) is 0 Å². The van der Waals surface area contributed by atoms with Gasteiger partial charge in [0.2, 0.25) is 5.95 Å². The predicted octanol–water partition coefficient (Wildman–Crippen LogP) is 3.99. The third-order valence-electron chi connectivity index (χ3n) is 3.74. The minimum atomic E-state index is -0.223. The summed E-state index contributed by atoms with van der Waals surface area (Å²) in [4.78, 5) is 23.6. The maximum atomic E-state index is 12.5. The number of aromatic nitrogens is 2. The molecule has 5 nitrogen and oxygen atoms in total. The van der Waals surface area contributed by atoms with E-state index in [-0.39, 0.29) is 5.91 Å². The summed E-state index contributed by atoms with van der Waals surface area (Å²) in [5, 5.41) is 3.52. The molecule has 2 aromatic rings. The zero-order valence-corrected chi connectivity index (χ0v) is 15.8. The van der Waals surface area contributed by atoms with Gasteiger partial charge in [-0.3, -0.25) is 4.79 Å². The van der Waals surface area contributed by atoms with Crippen LogP contribution in [0.15, 0.2) is 30.3 Å². The Balaban J connectivity index is 2.15. The second kappa shape index (κ2) is 9.37. The van der Waals surface area contributed by atoms with E-state index in [1.165, 1.54) is 0 Å². The molecule has 0 aliphatic carbocycles. The van der Waals surface area contributed by atoms with Gasteiger partial charge in [-0.25, -0.2) is 9.97 Å². The lowest BCUT2D eigenvalue weighted by Crippen LogP contribution is -2.29. The van der Waals surface area contributed by atoms with Crippen molar-refractivity contribution in [3.8, 4) is 0 Å². The van der Waals surface area contributed by atoms with Gasteiger partial charge in [-0.15, -0.1) is 0 Å². The van der Waals surface area contributed by atoms with Crippen molar-refractivity contribution in [1.82, 2.24) is 15.3 Å². The van der Waals surface area contributed by atoms with Crippen molar-refractivity contribution >= 4 is 23.5 Å². The van der Waals surface area contributed by atoms with Crippen molar-refractivity contribution in [3.05, 3.63) is 52.3 Å². The SMILES string of the molecule is CCCN(CCC)c1nc(C)cc(C(=O)NCc2ccccc2Cl)n1. The van der Waals surface area contributed by atoms with E-state index < -0.39 is 0 Å². The molecule has 0 bridgehead atoms. The van der Waals surface area contributed by atoms with Gasteiger partial charge >= 0.3 is 0 Å². The summed E-state index contributed by atoms with van der Waals surface area (Å²) in [5.74, 6) is 0.395. The number of halogens is 1. The molecule has 0 radical (unpaired) electrons. The van der Waals surface area contributed by atoms with E-state index in [0.717, 1.165) is 37.2 Å². The monoisotopic (exact) mass is 360 g/mol. The molecule has 0 fully saturated rings. The van der Waals surface area contributed by atoms with Crippen molar-refractivity contribution < 1.29 is 4.79 Å². The Morgan fingerprint density at radius 3 is 2.48 bits per heavy atom. The lowest BCUT2D eigenvalue weighted by atomic mass is 10.2. The summed E-state index contributed by atoms with van der Waals surface area (Å²) < 4.78 is 0. The first-order chi connectivity index (χ1) is 12.0. The molecule has 25 heavy (non-hydrogen) atoms. The van der Waals surface area contributed by atoms with E-state index in [2.05, 4.69) is 34.0 Å². The van der Waals surface area contributed by atoms with Gasteiger partial charge in [0.1, 0.15) is 5.69 Å². The lowest BCUT2D eigenvalue weighted by Gasteiger charge is -2.22. The number of benzene rings is 1. The molecular formula is C19H25ClN4O. The molecule has 0 spiro atoms. The Morgan fingerprint density at radius 2 is 1.84 bits per heavy atom. The number of aryl methyl sites for hydroxylation is 1. The zero-order valence-electron chi connectivity index (χ0n) is 15.1. The number of anilines is 1. The Labute approximate surface area is 154 Å². The standard InChI is InChI=1S/C19H25ClN4O/c1-4-10-24(11-5-2)19-22-14(3)12-17(23-19)18(25)21-13-15-8-6-7-9-16(15)20/h6-9,12H,4-5,10-11,13H2,1-3H3,(H,21,25). The van der Waals surface area contributed by atoms with E-state index in [1.807, 2.05) is 31.2 Å². The maximum absolute atomic E-state index is 12.5. The minimum Gasteiger partial charge on any atom is -0.347 e. The minimum absolute atomic E-state index is 0.223. The van der Waals surface area contributed by atoms with Crippen LogP contribution in [-0.2, 0) is 6.54 Å². The second-order valence-corrected chi connectivity index (χ2v) is 6.36. The van der Waals surface area contributed by atoms with Crippen molar-refractivity contribution in [3.63, 3.8) is 0 Å². The smallest absolute Gasteiger partial charge is 0.270 e. The molecular weight excluding hydrogens is 336 g/mol. The predicted molar refractivity (Wildman–Crippen MR) is 102 cm³/mol. The Morgan fingerprint density at radius 1 is 1.16 bits per heavy atom. The van der Waals surface area contributed by atoms with Crippen LogP contribution in [0.1, 0.15) is 48.4 Å². The molecule has 0 saturated heterocycles. The number of rotatable bonds is 8. The highest BCUT2D eigenvalue weighted by atomic mass is 35.5. The first-order valence-electron chi connectivity index (χ1n) is 8.67. The normalized spacial score (nSPS) is 10.6. The Bertz CT molecular complexity index is 714. The van der Waals surface area contributed by atoms with Crippen LogP contribution in [-0.4, -0.2) is 29.0 Å². The first-order valence-corrected chi connectivity index (χ1v) is 9.05. The average molecular weight is 361 g/mol. The van der Waals surface area contributed by atoms with Crippen LogP contribution in [0.2, 0.25) is 5.02 Å². The highest BCUT2D eigenvalue weighted by Gasteiger charge is 2.14. The van der Waals surface area contributed by atoms with Gasteiger partial charge in [-0.05, 0) is 37.5 Å². The lowest BCUT2D eigenvalue weighted by molar-refractivity contribution is 0.0945. The summed E-state index contributed by atoms with van der Waals surface area (Å²) >= 11 is 6.13. The summed E-state index contributed by atoms with van der Waals surface area (Å²) in [6, 6.07) is 9.17. The number of nitrogens with one attached hydrogen (secondary N) is 1. The van der Waals surface area contributed by atoms with E-state index in [4.69, 9.17) is 11.6 Å². The fraction of sp³-hybridized carbons (Fsp3) is 0.421. The molecule has 0 aliphatic heterocycles. The van der Waals surface area contributed by atoms with Crippen LogP contribution in [0, 0.1) is 6.92 Å². The van der Waals surface area contributed by atoms with Crippen molar-refractivity contribution in [2.45, 2.75) is 40.2 Å². The molecule has 1 aromatic carbocycles. The van der Waals surface area contributed by atoms with E-state index in [0.29, 0.717) is 23.2 Å². The van der Waals surface area contributed by atoms with Crippen LogP contribution < -0.4 is 10.2 Å². The number of carbonyl (C=O) groups is 1. The van der Waals surface area contributed by atoms with E-state index in [1.54, 1.807) is 6.07 Å². The van der Waals surface area contributed by atoms with E-state index >= 15 is 0 Å². The zero-order chi connectivity index (χ0) is 18.2. The van der Waals surface area contributed by atoms with Crippen LogP contribution in [0.4, 0.5) is 5.95 Å². The van der Waals surface area contributed by atoms with Crippen LogP contribution in [0.3, 0.4) is 0 Å². The molecule has 2 rings (SSSR count). The van der Waals surface area contributed by atoms with Crippen LogP contribution in [0.25, 0.3) is 0 Å². The summed E-state index contributed by atoms with van der Waals surface area (Å²) in [6.45, 7) is 8.23. The molecule has 0 unspecified atom stereocenters. The average Bonchev–Trinajstić information content (AvgIpc) is 2.60. The molecule has 1 heterocycles. The van der Waals surface area contributed by atoms with Gasteiger partial charge in [0.25, 0.3) is 5.91 Å². The molecule has 0 saturated carbocycles. The van der Waals surface area contributed by atoms with Gasteiger partial charge < -0.3 is 10.2 Å². The van der Waals surface area contributed by atoms with Crippen molar-refractivity contribution in [2.24, 2.45) is 0 Å². The molecule has 134 valence electrons. The molecule has 0 aliphatic rings. The van der Waals surface area contributed by atoms with Crippen LogP contribution >= 0.6 is 11.6 Å². The van der Waals surface area contributed by atoms with E-state index in [9.17, 15) is 4.79 Å². The summed E-state index contributed by atoms with van der Waals surface area (Å²) in [6.07, 6.45) is 2.01. The van der Waals surface area contributed by atoms with Gasteiger partial charge in [-0.2, -0.15) is 0 Å². The van der Waals surface area contributed by atoms with Gasteiger partial charge in [0, 0.05) is 30.4 Å². The Kier molecular flexibility index (Phi) is 7.19. The molecule has 1 aromatic heterocycles. The summed E-state index contributed by atoms with van der Waals surface area (Å²) in [7, 11) is 0. The quantitative estimate of drug-likeness (QED) is 0.773. The fourth-order valence-corrected chi connectivity index (χ4v) is 2.77. The molecule has 1 N–H and O–H groups in total. The van der Waals surface area contributed by atoms with Gasteiger partial charge in [0.15, 0.2) is 0 Å². The topological polar surface area (TPSA) is 58.1 Å². The fourth-order valence-electron chi connectivity index (χ4n) is 2.57. The number of carbonyl (C=O) groups excluding carboxylic acids is 1. The van der Waals surface area contributed by atoms with Gasteiger partial charge in [-0.1, -0.05) is 43.6 Å². The number of hydrogen-bond donors (Lipinski definition) is 1. The first kappa shape index (κ1) is 19.2. The van der Waals surface area contributed by atoms with Crippen molar-refractivity contribution in [2.75, 3.05) is 18.0 Å². The molecule has 0 atom stereocenters. The number of amides is 1. The Hall–Kier alpha value is -2.14. The third-order valence-corrected chi connectivity index (χ3v) is 4.11. The van der Waals surface area contributed by atoms with Crippen molar-refractivity contribution in [1.29, 1.82) is 0 Å². The summed E-state index contributed by atoms with van der Waals surface area (Å²) in [5.41, 5.74) is 2.04. The van der Waals surface area contributed by atoms with Gasteiger partial charge in [0.05, 0.1) is 0 Å². The highest BCUT2D eigenvalue weighted by Crippen LogP contribution is 2.15. The number of hydrogen-bond acceptors (Lipinski definition) is 4. The molecule has 1 amide bonds. The third kappa shape index (κ3) is 5.43.